The second-order valence-electron chi connectivity index (χ2n) is 4.59. The van der Waals surface area contributed by atoms with Gasteiger partial charge in [-0.05, 0) is 0 Å². The molecule has 94 valence electrons. The van der Waals surface area contributed by atoms with E-state index in [0.717, 1.165) is 22.8 Å². The highest BCUT2D eigenvalue weighted by Gasteiger charge is 2.17. The van der Waals surface area contributed by atoms with E-state index in [1.54, 1.807) is 0 Å². The van der Waals surface area contributed by atoms with Crippen LogP contribution in [-0.2, 0) is 14.3 Å². The van der Waals surface area contributed by atoms with E-state index in [1.807, 2.05) is 21.1 Å². The van der Waals surface area contributed by atoms with Gasteiger partial charge in [-0.15, -0.1) is 0 Å². The SMILES string of the molecule is CC(=O)SC[C@H](N)C(=O)OCC[N+](C)(C)C. The number of esters is 1. The molecule has 6 heteroatoms. The standard InChI is InChI=1S/C10H21N2O3S/c1-8(13)16-7-9(11)10(14)15-6-5-12(2,3)4/h9H,5-7,11H2,1-4H3/q+1/t9-/m0/s1. The predicted octanol–water partition coefficient (Wildman–Crippen LogP) is -0.157. The monoisotopic (exact) mass is 249 g/mol. The van der Waals surface area contributed by atoms with Gasteiger partial charge in [-0.25, -0.2) is 0 Å². The Morgan fingerprint density at radius 1 is 1.38 bits per heavy atom. The van der Waals surface area contributed by atoms with Crippen LogP contribution in [0.4, 0.5) is 0 Å². The predicted molar refractivity (Wildman–Crippen MR) is 65.0 cm³/mol. The number of quaternary nitrogens is 1. The van der Waals surface area contributed by atoms with Crippen LogP contribution in [0.25, 0.3) is 0 Å². The lowest BCUT2D eigenvalue weighted by Crippen LogP contribution is -2.40. The van der Waals surface area contributed by atoms with Gasteiger partial charge in [0.15, 0.2) is 5.12 Å². The molecule has 1 atom stereocenters. The van der Waals surface area contributed by atoms with Gasteiger partial charge in [0.05, 0.1) is 21.1 Å². The fraction of sp³-hybridized carbons (Fsp3) is 0.800. The summed E-state index contributed by atoms with van der Waals surface area (Å²) in [7, 11) is 6.04. The summed E-state index contributed by atoms with van der Waals surface area (Å²) in [6.07, 6.45) is 0. The lowest BCUT2D eigenvalue weighted by atomic mass is 10.4. The third kappa shape index (κ3) is 8.70. The van der Waals surface area contributed by atoms with Crippen molar-refractivity contribution in [1.82, 2.24) is 0 Å². The smallest absolute Gasteiger partial charge is 0.324 e. The molecular weight excluding hydrogens is 228 g/mol. The quantitative estimate of drug-likeness (QED) is 0.523. The summed E-state index contributed by atoms with van der Waals surface area (Å²) in [5, 5.41) is -0.0467. The van der Waals surface area contributed by atoms with Crippen LogP contribution in [0.1, 0.15) is 6.92 Å². The highest BCUT2D eigenvalue weighted by Crippen LogP contribution is 2.03. The number of hydrogen-bond donors (Lipinski definition) is 1. The number of ether oxygens (including phenoxy) is 1. The Morgan fingerprint density at radius 2 is 1.94 bits per heavy atom. The Hall–Kier alpha value is -0.590. The Balaban J connectivity index is 3.75. The van der Waals surface area contributed by atoms with Gasteiger partial charge in [0.2, 0.25) is 0 Å². The van der Waals surface area contributed by atoms with E-state index in [2.05, 4.69) is 0 Å². The number of hydrogen-bond acceptors (Lipinski definition) is 5. The van der Waals surface area contributed by atoms with Crippen LogP contribution in [-0.4, -0.2) is 61.7 Å². The Bertz CT molecular complexity index is 251. The maximum atomic E-state index is 11.4. The molecule has 0 radical (unpaired) electrons. The second kappa shape index (κ2) is 6.88. The number of rotatable bonds is 6. The third-order valence-electron chi connectivity index (χ3n) is 1.78. The molecular formula is C10H21N2O3S+. The lowest BCUT2D eigenvalue weighted by Gasteiger charge is -2.23. The van der Waals surface area contributed by atoms with Gasteiger partial charge in [0, 0.05) is 12.7 Å². The first kappa shape index (κ1) is 15.4. The van der Waals surface area contributed by atoms with Gasteiger partial charge in [-0.2, -0.15) is 0 Å². The van der Waals surface area contributed by atoms with Crippen LogP contribution in [0.2, 0.25) is 0 Å². The summed E-state index contributed by atoms with van der Waals surface area (Å²) in [6, 6.07) is -0.721. The molecule has 2 N–H and O–H groups in total. The molecule has 0 fully saturated rings. The summed E-state index contributed by atoms with van der Waals surface area (Å²) in [5.41, 5.74) is 5.56. The van der Waals surface area contributed by atoms with Crippen LogP contribution in [0.15, 0.2) is 0 Å². The lowest BCUT2D eigenvalue weighted by molar-refractivity contribution is -0.870. The number of thioether (sulfide) groups is 1. The van der Waals surface area contributed by atoms with Crippen molar-refractivity contribution in [3.63, 3.8) is 0 Å². The average Bonchev–Trinajstić information content (AvgIpc) is 2.11. The molecule has 0 saturated heterocycles. The highest BCUT2D eigenvalue weighted by molar-refractivity contribution is 8.13. The van der Waals surface area contributed by atoms with E-state index in [-0.39, 0.29) is 10.9 Å². The maximum absolute atomic E-state index is 11.4. The summed E-state index contributed by atoms with van der Waals surface area (Å²) in [6.45, 7) is 2.53. The highest BCUT2D eigenvalue weighted by atomic mass is 32.2. The molecule has 0 heterocycles. The van der Waals surface area contributed by atoms with Crippen molar-refractivity contribution >= 4 is 22.8 Å². The topological polar surface area (TPSA) is 69.4 Å². The van der Waals surface area contributed by atoms with Crippen LogP contribution in [0.3, 0.4) is 0 Å². The first-order valence-corrected chi connectivity index (χ1v) is 6.07. The molecule has 0 unspecified atom stereocenters. The molecule has 0 aromatic heterocycles. The Morgan fingerprint density at radius 3 is 2.38 bits per heavy atom. The zero-order valence-corrected chi connectivity index (χ0v) is 11.2. The number of nitrogens with two attached hydrogens (primary N) is 1. The summed E-state index contributed by atoms with van der Waals surface area (Å²) >= 11 is 1.04. The van der Waals surface area contributed by atoms with Gasteiger partial charge in [-0.1, -0.05) is 11.8 Å². The van der Waals surface area contributed by atoms with Gasteiger partial charge < -0.3 is 15.0 Å². The molecule has 0 aliphatic carbocycles. The number of carbonyl (C=O) groups is 2. The Labute approximate surface area is 101 Å². The van der Waals surface area contributed by atoms with E-state index in [0.29, 0.717) is 6.61 Å². The molecule has 0 aliphatic rings. The van der Waals surface area contributed by atoms with Crippen molar-refractivity contribution in [2.45, 2.75) is 13.0 Å². The summed E-state index contributed by atoms with van der Waals surface area (Å²) in [5.74, 6) is -0.166. The number of carbonyl (C=O) groups excluding carboxylic acids is 2. The fourth-order valence-electron chi connectivity index (χ4n) is 0.802. The van der Waals surface area contributed by atoms with Crippen molar-refractivity contribution in [2.24, 2.45) is 5.73 Å². The molecule has 0 spiro atoms. The zero-order valence-electron chi connectivity index (χ0n) is 10.4. The average molecular weight is 249 g/mol. The Kier molecular flexibility index (Phi) is 6.62. The summed E-state index contributed by atoms with van der Waals surface area (Å²) < 4.78 is 5.73. The largest absolute Gasteiger partial charge is 0.459 e. The third-order valence-corrected chi connectivity index (χ3v) is 2.71. The van der Waals surface area contributed by atoms with E-state index in [9.17, 15) is 9.59 Å². The van der Waals surface area contributed by atoms with Crippen LogP contribution >= 0.6 is 11.8 Å². The minimum atomic E-state index is -0.721. The van der Waals surface area contributed by atoms with Gasteiger partial charge in [0.1, 0.15) is 19.2 Å². The molecule has 0 aromatic carbocycles. The first-order valence-electron chi connectivity index (χ1n) is 5.08. The number of likely N-dealkylation sites (N-methyl/N-ethyl adjacent to an activating group) is 1. The minimum Gasteiger partial charge on any atom is -0.459 e. The van der Waals surface area contributed by atoms with E-state index >= 15 is 0 Å². The molecule has 16 heavy (non-hydrogen) atoms. The first-order chi connectivity index (χ1) is 7.22. The molecule has 0 aromatic rings. The molecule has 0 rings (SSSR count). The fourth-order valence-corrected chi connectivity index (χ4v) is 1.35. The molecule has 0 bridgehead atoms. The van der Waals surface area contributed by atoms with Crippen molar-refractivity contribution in [3.8, 4) is 0 Å². The molecule has 0 aliphatic heterocycles. The minimum absolute atomic E-state index is 0.0467. The van der Waals surface area contributed by atoms with Crippen LogP contribution in [0.5, 0.6) is 0 Å². The van der Waals surface area contributed by atoms with Crippen molar-refractivity contribution in [3.05, 3.63) is 0 Å². The second-order valence-corrected chi connectivity index (χ2v) is 5.79. The van der Waals surface area contributed by atoms with Crippen LogP contribution < -0.4 is 5.73 Å². The van der Waals surface area contributed by atoms with Gasteiger partial charge in [-0.3, -0.25) is 9.59 Å². The van der Waals surface area contributed by atoms with E-state index in [1.165, 1.54) is 6.92 Å². The number of nitrogens with zero attached hydrogens (tertiary/aromatic N) is 1. The molecule has 5 nitrogen and oxygen atoms in total. The van der Waals surface area contributed by atoms with Crippen molar-refractivity contribution in [2.75, 3.05) is 40.0 Å². The van der Waals surface area contributed by atoms with Crippen LogP contribution in [0, 0.1) is 0 Å². The molecule has 0 amide bonds. The van der Waals surface area contributed by atoms with Crippen molar-refractivity contribution < 1.29 is 18.8 Å². The van der Waals surface area contributed by atoms with E-state index in [4.69, 9.17) is 10.5 Å². The maximum Gasteiger partial charge on any atom is 0.324 e. The van der Waals surface area contributed by atoms with Crippen molar-refractivity contribution in [1.29, 1.82) is 0 Å². The van der Waals surface area contributed by atoms with Gasteiger partial charge in [0.25, 0.3) is 0 Å². The zero-order chi connectivity index (χ0) is 12.8. The summed E-state index contributed by atoms with van der Waals surface area (Å²) in [4.78, 5) is 22.0. The van der Waals surface area contributed by atoms with E-state index < -0.39 is 12.0 Å². The molecule has 0 saturated carbocycles. The normalized spacial score (nSPS) is 13.3. The van der Waals surface area contributed by atoms with Gasteiger partial charge >= 0.3 is 5.97 Å².